The second-order valence-corrected chi connectivity index (χ2v) is 4.44. The second kappa shape index (κ2) is 4.81. The normalized spacial score (nSPS) is 21.3. The van der Waals surface area contributed by atoms with Crippen molar-refractivity contribution in [2.24, 2.45) is 0 Å². The van der Waals surface area contributed by atoms with E-state index in [0.29, 0.717) is 10.2 Å². The van der Waals surface area contributed by atoms with Crippen molar-refractivity contribution >= 4 is 21.8 Å². The molecule has 4 nitrogen and oxygen atoms in total. The highest BCUT2D eigenvalue weighted by atomic mass is 79.9. The van der Waals surface area contributed by atoms with Crippen LogP contribution in [0.4, 0.5) is 0 Å². The van der Waals surface area contributed by atoms with Gasteiger partial charge in [-0.25, -0.2) is 0 Å². The van der Waals surface area contributed by atoms with Gasteiger partial charge < -0.3 is 15.1 Å². The summed E-state index contributed by atoms with van der Waals surface area (Å²) in [5.74, 6) is -0.0712. The SMILES string of the molecule is O=C(N[C@@H]1CCCNC1)c1coc(Br)c1. The molecule has 0 saturated carbocycles. The molecule has 82 valence electrons. The topological polar surface area (TPSA) is 54.3 Å². The Labute approximate surface area is 96.5 Å². The molecule has 2 N–H and O–H groups in total. The Morgan fingerprint density at radius 2 is 2.53 bits per heavy atom. The summed E-state index contributed by atoms with van der Waals surface area (Å²) in [6, 6.07) is 1.91. The van der Waals surface area contributed by atoms with Crippen molar-refractivity contribution in [2.75, 3.05) is 13.1 Å². The Morgan fingerprint density at radius 3 is 3.13 bits per heavy atom. The Balaban J connectivity index is 1.91. The van der Waals surface area contributed by atoms with Gasteiger partial charge in [-0.1, -0.05) is 0 Å². The van der Waals surface area contributed by atoms with Gasteiger partial charge in [0.1, 0.15) is 6.26 Å². The van der Waals surface area contributed by atoms with E-state index in [1.165, 1.54) is 6.26 Å². The van der Waals surface area contributed by atoms with E-state index in [4.69, 9.17) is 4.42 Å². The van der Waals surface area contributed by atoms with Crippen molar-refractivity contribution < 1.29 is 9.21 Å². The summed E-state index contributed by atoms with van der Waals surface area (Å²) in [6.45, 7) is 1.90. The fourth-order valence-corrected chi connectivity index (χ4v) is 2.01. The zero-order valence-electron chi connectivity index (χ0n) is 8.25. The Bertz CT molecular complexity index is 345. The predicted octanol–water partition coefficient (Wildman–Crippen LogP) is 1.52. The average Bonchev–Trinajstić information content (AvgIpc) is 2.66. The van der Waals surface area contributed by atoms with E-state index in [-0.39, 0.29) is 11.9 Å². The monoisotopic (exact) mass is 272 g/mol. The van der Waals surface area contributed by atoms with Crippen LogP contribution in [0.3, 0.4) is 0 Å². The molecular formula is C10H13BrN2O2. The first-order valence-electron chi connectivity index (χ1n) is 5.01. The quantitative estimate of drug-likeness (QED) is 0.859. The molecule has 1 amide bonds. The average molecular weight is 273 g/mol. The molecule has 2 heterocycles. The van der Waals surface area contributed by atoms with Gasteiger partial charge in [0.15, 0.2) is 4.67 Å². The van der Waals surface area contributed by atoms with Crippen LogP contribution in [-0.2, 0) is 0 Å². The maximum Gasteiger partial charge on any atom is 0.254 e. The third-order valence-electron chi connectivity index (χ3n) is 2.46. The van der Waals surface area contributed by atoms with Crippen LogP contribution < -0.4 is 10.6 Å². The summed E-state index contributed by atoms with van der Waals surface area (Å²) < 4.78 is 5.59. The molecule has 15 heavy (non-hydrogen) atoms. The number of hydrogen-bond acceptors (Lipinski definition) is 3. The number of furan rings is 1. The molecule has 1 aliphatic heterocycles. The van der Waals surface area contributed by atoms with Crippen LogP contribution >= 0.6 is 15.9 Å². The van der Waals surface area contributed by atoms with Crippen LogP contribution in [-0.4, -0.2) is 25.0 Å². The minimum atomic E-state index is -0.0712. The maximum atomic E-state index is 11.7. The van der Waals surface area contributed by atoms with E-state index in [2.05, 4.69) is 26.6 Å². The van der Waals surface area contributed by atoms with Gasteiger partial charge in [-0.2, -0.15) is 0 Å². The Hall–Kier alpha value is -0.810. The standard InChI is InChI=1S/C10H13BrN2O2/c11-9-4-7(6-15-9)10(14)13-8-2-1-3-12-5-8/h4,6,8,12H,1-3,5H2,(H,13,14)/t8-/m1/s1. The van der Waals surface area contributed by atoms with E-state index in [0.717, 1.165) is 25.9 Å². The summed E-state index contributed by atoms with van der Waals surface area (Å²) >= 11 is 3.17. The summed E-state index contributed by atoms with van der Waals surface area (Å²) in [5, 5.41) is 6.22. The van der Waals surface area contributed by atoms with Gasteiger partial charge in [0.2, 0.25) is 0 Å². The number of carbonyl (C=O) groups is 1. The number of nitrogens with one attached hydrogen (secondary N) is 2. The third kappa shape index (κ3) is 2.82. The van der Waals surface area contributed by atoms with Crippen LogP contribution in [0.2, 0.25) is 0 Å². The Kier molecular flexibility index (Phi) is 3.43. The van der Waals surface area contributed by atoms with Crippen LogP contribution in [0, 0.1) is 0 Å². The zero-order chi connectivity index (χ0) is 10.7. The van der Waals surface area contributed by atoms with Crippen LogP contribution in [0.5, 0.6) is 0 Å². The third-order valence-corrected chi connectivity index (χ3v) is 2.88. The van der Waals surface area contributed by atoms with Crippen LogP contribution in [0.1, 0.15) is 23.2 Å². The van der Waals surface area contributed by atoms with Gasteiger partial charge in [0.25, 0.3) is 5.91 Å². The zero-order valence-corrected chi connectivity index (χ0v) is 9.84. The molecule has 1 aromatic rings. The van der Waals surface area contributed by atoms with E-state index in [9.17, 15) is 4.79 Å². The molecular weight excluding hydrogens is 260 g/mol. The molecule has 0 aromatic carbocycles. The first-order chi connectivity index (χ1) is 7.25. The summed E-state index contributed by atoms with van der Waals surface area (Å²) in [6.07, 6.45) is 3.60. The van der Waals surface area contributed by atoms with E-state index in [1.54, 1.807) is 6.07 Å². The van der Waals surface area contributed by atoms with Gasteiger partial charge in [0.05, 0.1) is 5.56 Å². The van der Waals surface area contributed by atoms with Gasteiger partial charge >= 0.3 is 0 Å². The summed E-state index contributed by atoms with van der Waals surface area (Å²) in [7, 11) is 0. The van der Waals surface area contributed by atoms with Gasteiger partial charge in [0, 0.05) is 18.7 Å². The molecule has 1 aliphatic rings. The number of hydrogen-bond donors (Lipinski definition) is 2. The predicted molar refractivity (Wildman–Crippen MR) is 59.8 cm³/mol. The molecule has 1 aromatic heterocycles. The highest BCUT2D eigenvalue weighted by Gasteiger charge is 2.17. The van der Waals surface area contributed by atoms with Gasteiger partial charge in [-0.15, -0.1) is 0 Å². The van der Waals surface area contributed by atoms with Gasteiger partial charge in [-0.05, 0) is 35.3 Å². The number of rotatable bonds is 2. The molecule has 5 heteroatoms. The first kappa shape index (κ1) is 10.7. The van der Waals surface area contributed by atoms with E-state index in [1.807, 2.05) is 0 Å². The van der Waals surface area contributed by atoms with Crippen LogP contribution in [0.15, 0.2) is 21.4 Å². The van der Waals surface area contributed by atoms with E-state index < -0.39 is 0 Å². The van der Waals surface area contributed by atoms with Crippen molar-refractivity contribution in [1.29, 1.82) is 0 Å². The summed E-state index contributed by atoms with van der Waals surface area (Å²) in [4.78, 5) is 11.7. The first-order valence-corrected chi connectivity index (χ1v) is 5.80. The number of halogens is 1. The molecule has 0 aliphatic carbocycles. The highest BCUT2D eigenvalue weighted by molar-refractivity contribution is 9.10. The lowest BCUT2D eigenvalue weighted by Crippen LogP contribution is -2.45. The van der Waals surface area contributed by atoms with Crippen molar-refractivity contribution in [2.45, 2.75) is 18.9 Å². The number of piperidine rings is 1. The fraction of sp³-hybridized carbons (Fsp3) is 0.500. The fourth-order valence-electron chi connectivity index (χ4n) is 1.67. The van der Waals surface area contributed by atoms with Crippen molar-refractivity contribution in [1.82, 2.24) is 10.6 Å². The largest absolute Gasteiger partial charge is 0.457 e. The van der Waals surface area contributed by atoms with E-state index >= 15 is 0 Å². The molecule has 1 atom stereocenters. The lowest BCUT2D eigenvalue weighted by molar-refractivity contribution is 0.0930. The lowest BCUT2D eigenvalue weighted by atomic mass is 10.1. The van der Waals surface area contributed by atoms with Crippen LogP contribution in [0.25, 0.3) is 0 Å². The summed E-state index contributed by atoms with van der Waals surface area (Å²) in [5.41, 5.74) is 0.562. The smallest absolute Gasteiger partial charge is 0.254 e. The van der Waals surface area contributed by atoms with Gasteiger partial charge in [-0.3, -0.25) is 4.79 Å². The number of amides is 1. The highest BCUT2D eigenvalue weighted by Crippen LogP contribution is 2.14. The molecule has 0 bridgehead atoms. The maximum absolute atomic E-state index is 11.7. The minimum absolute atomic E-state index is 0.0712. The Morgan fingerprint density at radius 1 is 1.67 bits per heavy atom. The van der Waals surface area contributed by atoms with Crippen molar-refractivity contribution in [3.63, 3.8) is 0 Å². The number of carbonyl (C=O) groups excluding carboxylic acids is 1. The molecule has 1 saturated heterocycles. The lowest BCUT2D eigenvalue weighted by Gasteiger charge is -2.23. The minimum Gasteiger partial charge on any atom is -0.457 e. The second-order valence-electron chi connectivity index (χ2n) is 3.66. The molecule has 0 radical (unpaired) electrons. The van der Waals surface area contributed by atoms with Crippen molar-refractivity contribution in [3.05, 3.63) is 22.6 Å². The molecule has 2 rings (SSSR count). The molecule has 0 spiro atoms. The molecule has 0 unspecified atom stereocenters. The molecule has 1 fully saturated rings. The van der Waals surface area contributed by atoms with Crippen molar-refractivity contribution in [3.8, 4) is 0 Å².